The molecule has 0 unspecified atom stereocenters. The van der Waals surface area contributed by atoms with Crippen molar-refractivity contribution in [3.8, 4) is 0 Å². The fraction of sp³-hybridized carbons (Fsp3) is 0.318. The monoisotopic (exact) mass is 359 g/mol. The predicted molar refractivity (Wildman–Crippen MR) is 110 cm³/mol. The number of nitrogens with two attached hydrogens (primary N) is 1. The fourth-order valence-electron chi connectivity index (χ4n) is 3.85. The average molecular weight is 359 g/mol. The summed E-state index contributed by atoms with van der Waals surface area (Å²) in [5.41, 5.74) is 7.39. The fourth-order valence-corrected chi connectivity index (χ4v) is 3.85. The van der Waals surface area contributed by atoms with Crippen LogP contribution in [0.5, 0.6) is 0 Å². The highest BCUT2D eigenvalue weighted by atomic mass is 15.2. The lowest BCUT2D eigenvalue weighted by Gasteiger charge is -2.28. The molecule has 0 atom stereocenters. The Kier molecular flexibility index (Phi) is 5.23. The van der Waals surface area contributed by atoms with Crippen molar-refractivity contribution >= 4 is 23.1 Å². The number of aryl methyl sites for hydroxylation is 1. The topological polar surface area (TPSA) is 76.7 Å². The van der Waals surface area contributed by atoms with E-state index >= 15 is 0 Å². The van der Waals surface area contributed by atoms with Gasteiger partial charge in [-0.15, -0.1) is 0 Å². The van der Waals surface area contributed by atoms with Crippen LogP contribution in [0.1, 0.15) is 54.2 Å². The molecule has 1 aliphatic rings. The lowest BCUT2D eigenvalue weighted by Crippen LogP contribution is -2.37. The Bertz CT molecular complexity index is 944. The summed E-state index contributed by atoms with van der Waals surface area (Å²) in [6.07, 6.45) is 12.0. The van der Waals surface area contributed by atoms with Gasteiger partial charge in [0.1, 0.15) is 0 Å². The van der Waals surface area contributed by atoms with Gasteiger partial charge in [-0.25, -0.2) is 9.97 Å². The summed E-state index contributed by atoms with van der Waals surface area (Å²) < 4.78 is 0. The van der Waals surface area contributed by atoms with Gasteiger partial charge >= 0.3 is 0 Å². The third-order valence-electron chi connectivity index (χ3n) is 5.36. The van der Waals surface area contributed by atoms with Crippen LogP contribution in [0.25, 0.3) is 23.1 Å². The Morgan fingerprint density at radius 1 is 1.07 bits per heavy atom. The zero-order valence-electron chi connectivity index (χ0n) is 15.6. The molecular weight excluding hydrogens is 334 g/mol. The second-order valence-corrected chi connectivity index (χ2v) is 7.32. The Morgan fingerprint density at radius 3 is 2.67 bits per heavy atom. The first-order valence-corrected chi connectivity index (χ1v) is 9.55. The minimum atomic E-state index is 0.418. The summed E-state index contributed by atoms with van der Waals surface area (Å²) in [6, 6.07) is 10.8. The molecule has 4 rings (SSSR count). The van der Waals surface area contributed by atoms with Gasteiger partial charge in [-0.05, 0) is 68.5 Å². The highest BCUT2D eigenvalue weighted by Gasteiger charge is 2.24. The van der Waals surface area contributed by atoms with E-state index in [0.717, 1.165) is 42.6 Å². The predicted octanol–water partition coefficient (Wildman–Crippen LogP) is 3.99. The van der Waals surface area contributed by atoms with Gasteiger partial charge < -0.3 is 0 Å². The van der Waals surface area contributed by atoms with Crippen molar-refractivity contribution in [2.24, 2.45) is 5.84 Å². The molecule has 5 heteroatoms. The summed E-state index contributed by atoms with van der Waals surface area (Å²) in [7, 11) is 0. The van der Waals surface area contributed by atoms with Crippen LogP contribution in [0.15, 0.2) is 42.7 Å². The molecule has 0 aliphatic heterocycles. The number of pyridine rings is 1. The summed E-state index contributed by atoms with van der Waals surface area (Å²) in [5.74, 6) is 6.83. The van der Waals surface area contributed by atoms with Crippen LogP contribution in [0.2, 0.25) is 0 Å². The SMILES string of the molecule is Cc1ccc2nc(C=Cc3cccnc3)nc(C3CCC(NN)CC3)c2c1. The first-order chi connectivity index (χ1) is 13.2. The van der Waals surface area contributed by atoms with Gasteiger partial charge in [-0.3, -0.25) is 16.3 Å². The zero-order valence-corrected chi connectivity index (χ0v) is 15.6. The Labute approximate surface area is 159 Å². The second-order valence-electron chi connectivity index (χ2n) is 7.32. The number of nitrogens with zero attached hydrogens (tertiary/aromatic N) is 3. The van der Waals surface area contributed by atoms with Crippen molar-refractivity contribution in [1.82, 2.24) is 20.4 Å². The van der Waals surface area contributed by atoms with Crippen molar-refractivity contribution in [3.05, 3.63) is 65.4 Å². The number of benzene rings is 1. The highest BCUT2D eigenvalue weighted by molar-refractivity contribution is 5.83. The minimum Gasteiger partial charge on any atom is -0.271 e. The number of rotatable bonds is 4. The third-order valence-corrected chi connectivity index (χ3v) is 5.36. The molecule has 5 nitrogen and oxygen atoms in total. The first kappa shape index (κ1) is 17.8. The summed E-state index contributed by atoms with van der Waals surface area (Å²) in [5, 5.41) is 1.18. The molecule has 1 saturated carbocycles. The van der Waals surface area contributed by atoms with Crippen LogP contribution in [-0.4, -0.2) is 21.0 Å². The van der Waals surface area contributed by atoms with Crippen LogP contribution < -0.4 is 11.3 Å². The van der Waals surface area contributed by atoms with Crippen molar-refractivity contribution in [2.45, 2.75) is 44.6 Å². The number of nitrogens with one attached hydrogen (secondary N) is 1. The van der Waals surface area contributed by atoms with E-state index in [9.17, 15) is 0 Å². The van der Waals surface area contributed by atoms with Crippen LogP contribution in [0.4, 0.5) is 0 Å². The van der Waals surface area contributed by atoms with E-state index in [1.165, 1.54) is 16.6 Å². The molecular formula is C22H25N5. The van der Waals surface area contributed by atoms with E-state index in [4.69, 9.17) is 15.8 Å². The van der Waals surface area contributed by atoms with Crippen LogP contribution in [-0.2, 0) is 0 Å². The quantitative estimate of drug-likeness (QED) is 0.544. The Morgan fingerprint density at radius 2 is 1.93 bits per heavy atom. The van der Waals surface area contributed by atoms with E-state index in [-0.39, 0.29) is 0 Å². The van der Waals surface area contributed by atoms with E-state index in [2.05, 4.69) is 35.5 Å². The van der Waals surface area contributed by atoms with Crippen molar-refractivity contribution in [2.75, 3.05) is 0 Å². The third kappa shape index (κ3) is 4.04. The molecule has 2 heterocycles. The van der Waals surface area contributed by atoms with E-state index in [1.807, 2.05) is 30.5 Å². The van der Waals surface area contributed by atoms with Crippen molar-refractivity contribution < 1.29 is 0 Å². The minimum absolute atomic E-state index is 0.418. The number of aromatic nitrogens is 3. The molecule has 2 aromatic heterocycles. The van der Waals surface area contributed by atoms with Crippen LogP contribution >= 0.6 is 0 Å². The molecule has 0 bridgehead atoms. The number of hydrogen-bond acceptors (Lipinski definition) is 5. The molecule has 1 fully saturated rings. The van der Waals surface area contributed by atoms with E-state index in [1.54, 1.807) is 6.20 Å². The van der Waals surface area contributed by atoms with E-state index in [0.29, 0.717) is 12.0 Å². The normalized spacial score (nSPS) is 20.4. The lowest BCUT2D eigenvalue weighted by molar-refractivity contribution is 0.344. The molecule has 0 saturated heterocycles. The van der Waals surface area contributed by atoms with Gasteiger partial charge in [0, 0.05) is 29.7 Å². The molecule has 0 amide bonds. The Balaban J connectivity index is 1.72. The summed E-state index contributed by atoms with van der Waals surface area (Å²) in [6.45, 7) is 2.12. The van der Waals surface area contributed by atoms with Gasteiger partial charge in [-0.1, -0.05) is 17.7 Å². The molecule has 27 heavy (non-hydrogen) atoms. The second kappa shape index (κ2) is 7.94. The standard InChI is InChI=1S/C22H25N5/c1-15-4-10-20-19(13-15)22(17-6-8-18(27-23)9-7-17)26-21(25-20)11-5-16-3-2-12-24-14-16/h2-5,10-14,17-18,27H,6-9,23H2,1H3. The van der Waals surface area contributed by atoms with Crippen molar-refractivity contribution in [3.63, 3.8) is 0 Å². The smallest absolute Gasteiger partial charge is 0.152 e. The van der Waals surface area contributed by atoms with Gasteiger partial charge in [0.05, 0.1) is 11.2 Å². The van der Waals surface area contributed by atoms with Gasteiger partial charge in [0.15, 0.2) is 5.82 Å². The van der Waals surface area contributed by atoms with Gasteiger partial charge in [0.2, 0.25) is 0 Å². The first-order valence-electron chi connectivity index (χ1n) is 9.55. The van der Waals surface area contributed by atoms with Crippen LogP contribution in [0, 0.1) is 6.92 Å². The maximum atomic E-state index is 5.63. The number of fused-ring (bicyclic) bond motifs is 1. The zero-order chi connectivity index (χ0) is 18.6. The number of hydrogen-bond donors (Lipinski definition) is 2. The molecule has 0 spiro atoms. The average Bonchev–Trinajstić information content (AvgIpc) is 2.72. The number of hydrazine groups is 1. The lowest BCUT2D eigenvalue weighted by atomic mass is 9.83. The highest BCUT2D eigenvalue weighted by Crippen LogP contribution is 2.35. The largest absolute Gasteiger partial charge is 0.271 e. The Hall–Kier alpha value is -2.63. The van der Waals surface area contributed by atoms with Gasteiger partial charge in [0.25, 0.3) is 0 Å². The molecule has 1 aliphatic carbocycles. The summed E-state index contributed by atoms with van der Waals surface area (Å²) in [4.78, 5) is 13.9. The summed E-state index contributed by atoms with van der Waals surface area (Å²) >= 11 is 0. The molecule has 1 aromatic carbocycles. The molecule has 3 aromatic rings. The molecule has 3 N–H and O–H groups in total. The van der Waals surface area contributed by atoms with Crippen molar-refractivity contribution in [1.29, 1.82) is 0 Å². The van der Waals surface area contributed by atoms with E-state index < -0.39 is 0 Å². The molecule has 0 radical (unpaired) electrons. The maximum Gasteiger partial charge on any atom is 0.152 e. The molecule has 138 valence electrons. The van der Waals surface area contributed by atoms with Gasteiger partial charge in [-0.2, -0.15) is 0 Å². The van der Waals surface area contributed by atoms with Crippen LogP contribution in [0.3, 0.4) is 0 Å². The maximum absolute atomic E-state index is 5.63.